The van der Waals surface area contributed by atoms with E-state index in [1.165, 1.54) is 16.6 Å². The molecule has 0 spiro atoms. The number of benzene rings is 1. The lowest BCUT2D eigenvalue weighted by molar-refractivity contribution is 0.351. The largest absolute Gasteiger partial charge is 0.309 e. The summed E-state index contributed by atoms with van der Waals surface area (Å²) in [5.74, 6) is 1.25. The average molecular weight is 431 g/mol. The van der Waals surface area contributed by atoms with Gasteiger partial charge in [0, 0.05) is 24.5 Å². The van der Waals surface area contributed by atoms with E-state index >= 15 is 0 Å². The summed E-state index contributed by atoms with van der Waals surface area (Å²) < 4.78 is 26.9. The fraction of sp³-hybridized carbons (Fsp3) is 0.350. The van der Waals surface area contributed by atoms with Gasteiger partial charge in [-0.15, -0.1) is 0 Å². The minimum absolute atomic E-state index is 0.0967. The monoisotopic (exact) mass is 430 g/mol. The quantitative estimate of drug-likeness (QED) is 0.669. The molecule has 29 heavy (non-hydrogen) atoms. The van der Waals surface area contributed by atoms with Gasteiger partial charge in [-0.2, -0.15) is 16.1 Å². The molecule has 1 fully saturated rings. The molecule has 0 aliphatic carbocycles. The van der Waals surface area contributed by atoms with Gasteiger partial charge in [-0.3, -0.25) is 4.79 Å². The lowest BCUT2D eigenvalue weighted by Crippen LogP contribution is -2.39. The number of piperidine rings is 1. The number of nitrogens with one attached hydrogen (secondary N) is 1. The van der Waals surface area contributed by atoms with Crippen LogP contribution in [0.25, 0.3) is 10.9 Å². The van der Waals surface area contributed by atoms with E-state index in [4.69, 9.17) is 0 Å². The van der Waals surface area contributed by atoms with Crippen LogP contribution < -0.4 is 5.56 Å². The summed E-state index contributed by atoms with van der Waals surface area (Å²) in [4.78, 5) is 23.8. The van der Waals surface area contributed by atoms with Crippen molar-refractivity contribution in [2.24, 2.45) is 0 Å². The Hall–Kier alpha value is -2.23. The van der Waals surface area contributed by atoms with Crippen LogP contribution in [0.15, 0.2) is 52.4 Å². The van der Waals surface area contributed by atoms with E-state index in [-0.39, 0.29) is 10.6 Å². The molecule has 2 aromatic heterocycles. The van der Waals surface area contributed by atoms with Crippen molar-refractivity contribution >= 4 is 32.7 Å². The van der Waals surface area contributed by atoms with Gasteiger partial charge in [0.05, 0.1) is 16.7 Å². The first kappa shape index (κ1) is 20.1. The SMILES string of the molecule is Cc1cccc2c(=O)[nH]c(CSC3CCN(S(=O)(=O)c4ccccn4)CC3)nc12. The third-order valence-corrected chi connectivity index (χ3v) is 8.28. The zero-order chi connectivity index (χ0) is 20.4. The van der Waals surface area contributed by atoms with E-state index in [1.54, 1.807) is 30.0 Å². The van der Waals surface area contributed by atoms with Crippen LogP contribution in [-0.4, -0.2) is 46.0 Å². The Morgan fingerprint density at radius 2 is 1.97 bits per heavy atom. The number of para-hydroxylation sites is 1. The smallest absolute Gasteiger partial charge is 0.260 e. The van der Waals surface area contributed by atoms with Crippen molar-refractivity contribution in [1.29, 1.82) is 0 Å². The Kier molecular flexibility index (Phi) is 5.71. The molecule has 0 unspecified atom stereocenters. The zero-order valence-corrected chi connectivity index (χ0v) is 17.7. The number of nitrogens with zero attached hydrogens (tertiary/aromatic N) is 3. The van der Waals surface area contributed by atoms with Crippen molar-refractivity contribution in [3.8, 4) is 0 Å². The molecule has 1 aliphatic rings. The summed E-state index contributed by atoms with van der Waals surface area (Å²) in [5, 5.41) is 1.02. The maximum Gasteiger partial charge on any atom is 0.260 e. The molecule has 0 bridgehead atoms. The highest BCUT2D eigenvalue weighted by molar-refractivity contribution is 7.99. The molecule has 0 radical (unpaired) electrons. The second-order valence-corrected chi connectivity index (χ2v) is 10.2. The molecule has 7 nitrogen and oxygen atoms in total. The van der Waals surface area contributed by atoms with Crippen LogP contribution in [0, 0.1) is 6.92 Å². The van der Waals surface area contributed by atoms with Gasteiger partial charge >= 0.3 is 0 Å². The standard InChI is InChI=1S/C20H22N4O3S2/c1-14-5-4-6-16-19(14)22-17(23-20(16)25)13-28-15-8-11-24(12-9-15)29(26,27)18-7-2-3-10-21-18/h2-7,10,15H,8-9,11-13H2,1H3,(H,22,23,25). The van der Waals surface area contributed by atoms with Crippen molar-refractivity contribution in [2.75, 3.05) is 13.1 Å². The molecule has 9 heteroatoms. The van der Waals surface area contributed by atoms with Crippen molar-refractivity contribution in [1.82, 2.24) is 19.3 Å². The number of rotatable bonds is 5. The minimum atomic E-state index is -3.53. The Morgan fingerprint density at radius 1 is 1.17 bits per heavy atom. The van der Waals surface area contributed by atoms with Crippen molar-refractivity contribution in [3.05, 3.63) is 64.3 Å². The molecular formula is C20H22N4O3S2. The van der Waals surface area contributed by atoms with Gasteiger partial charge in [0.1, 0.15) is 5.82 Å². The highest BCUT2D eigenvalue weighted by Gasteiger charge is 2.30. The number of hydrogen-bond acceptors (Lipinski definition) is 6. The summed E-state index contributed by atoms with van der Waals surface area (Å²) in [6.07, 6.45) is 3.01. The number of sulfonamides is 1. The molecule has 3 aromatic rings. The maximum atomic E-state index is 12.7. The molecule has 3 heterocycles. The number of fused-ring (bicyclic) bond motifs is 1. The molecule has 1 aliphatic heterocycles. The number of hydrogen-bond donors (Lipinski definition) is 1. The van der Waals surface area contributed by atoms with Gasteiger partial charge in [0.15, 0.2) is 5.03 Å². The van der Waals surface area contributed by atoms with Gasteiger partial charge in [-0.05, 0) is 43.5 Å². The van der Waals surface area contributed by atoms with E-state index in [1.807, 2.05) is 19.1 Å². The van der Waals surface area contributed by atoms with E-state index in [9.17, 15) is 13.2 Å². The van der Waals surface area contributed by atoms with Crippen LogP contribution in [0.4, 0.5) is 0 Å². The van der Waals surface area contributed by atoms with Crippen LogP contribution in [0.1, 0.15) is 24.2 Å². The van der Waals surface area contributed by atoms with E-state index in [2.05, 4.69) is 15.0 Å². The second-order valence-electron chi connectivity index (χ2n) is 7.07. The summed E-state index contributed by atoms with van der Waals surface area (Å²) >= 11 is 1.71. The van der Waals surface area contributed by atoms with Crippen LogP contribution in [0.5, 0.6) is 0 Å². The van der Waals surface area contributed by atoms with E-state index in [0.29, 0.717) is 35.3 Å². The van der Waals surface area contributed by atoms with Gasteiger partial charge in [-0.1, -0.05) is 18.2 Å². The van der Waals surface area contributed by atoms with Crippen molar-refractivity contribution < 1.29 is 8.42 Å². The Bertz CT molecular complexity index is 1170. The molecule has 1 aromatic carbocycles. The Labute approximate surface area is 173 Å². The predicted molar refractivity (Wildman–Crippen MR) is 114 cm³/mol. The topological polar surface area (TPSA) is 96.0 Å². The number of H-pyrrole nitrogens is 1. The lowest BCUT2D eigenvalue weighted by Gasteiger charge is -2.30. The molecular weight excluding hydrogens is 408 g/mol. The Morgan fingerprint density at radius 3 is 2.69 bits per heavy atom. The lowest BCUT2D eigenvalue weighted by atomic mass is 10.1. The first-order chi connectivity index (χ1) is 13.9. The normalized spacial score (nSPS) is 16.3. The third-order valence-electron chi connectivity index (χ3n) is 5.09. The first-order valence-electron chi connectivity index (χ1n) is 9.46. The van der Waals surface area contributed by atoms with Crippen LogP contribution in [0.3, 0.4) is 0 Å². The molecule has 0 saturated carbocycles. The minimum Gasteiger partial charge on any atom is -0.309 e. The summed E-state index contributed by atoms with van der Waals surface area (Å²) in [7, 11) is -3.53. The summed E-state index contributed by atoms with van der Waals surface area (Å²) in [6, 6.07) is 10.5. The molecule has 1 saturated heterocycles. The number of aromatic nitrogens is 3. The number of pyridine rings is 1. The van der Waals surface area contributed by atoms with Crippen molar-refractivity contribution in [2.45, 2.75) is 35.8 Å². The predicted octanol–water partition coefficient (Wildman–Crippen LogP) is 2.71. The highest BCUT2D eigenvalue weighted by Crippen LogP contribution is 2.28. The molecule has 1 N–H and O–H groups in total. The third kappa shape index (κ3) is 4.22. The number of aromatic amines is 1. The van der Waals surface area contributed by atoms with Crippen LogP contribution in [0.2, 0.25) is 0 Å². The second kappa shape index (κ2) is 8.25. The maximum absolute atomic E-state index is 12.7. The van der Waals surface area contributed by atoms with Crippen LogP contribution in [-0.2, 0) is 15.8 Å². The van der Waals surface area contributed by atoms with Gasteiger partial charge in [-0.25, -0.2) is 18.4 Å². The zero-order valence-electron chi connectivity index (χ0n) is 16.0. The summed E-state index contributed by atoms with van der Waals surface area (Å²) in [5.41, 5.74) is 1.60. The summed E-state index contributed by atoms with van der Waals surface area (Å²) in [6.45, 7) is 2.89. The first-order valence-corrected chi connectivity index (χ1v) is 12.0. The molecule has 152 valence electrons. The molecule has 4 rings (SSSR count). The fourth-order valence-electron chi connectivity index (χ4n) is 3.49. The Balaban J connectivity index is 1.39. The fourth-order valence-corrected chi connectivity index (χ4v) is 5.96. The van der Waals surface area contributed by atoms with Crippen molar-refractivity contribution in [3.63, 3.8) is 0 Å². The molecule has 0 amide bonds. The molecule has 0 atom stereocenters. The van der Waals surface area contributed by atoms with Gasteiger partial charge in [0.2, 0.25) is 0 Å². The average Bonchev–Trinajstić information content (AvgIpc) is 2.74. The van der Waals surface area contributed by atoms with Gasteiger partial charge < -0.3 is 4.98 Å². The van der Waals surface area contributed by atoms with Crippen LogP contribution >= 0.6 is 11.8 Å². The highest BCUT2D eigenvalue weighted by atomic mass is 32.2. The van der Waals surface area contributed by atoms with Gasteiger partial charge in [0.25, 0.3) is 15.6 Å². The number of thioether (sulfide) groups is 1. The van der Waals surface area contributed by atoms with E-state index in [0.717, 1.165) is 23.9 Å². The number of aryl methyl sites for hydroxylation is 1. The van der Waals surface area contributed by atoms with E-state index < -0.39 is 10.0 Å².